The minimum atomic E-state index is -4.02. The molecule has 2 rings (SSSR count). The van der Waals surface area contributed by atoms with Crippen LogP contribution >= 0.6 is 0 Å². The van der Waals surface area contributed by atoms with Gasteiger partial charge in [-0.3, -0.25) is 4.72 Å². The van der Waals surface area contributed by atoms with Gasteiger partial charge >= 0.3 is 5.97 Å². The van der Waals surface area contributed by atoms with Gasteiger partial charge in [-0.2, -0.15) is 0 Å². The average Bonchev–Trinajstić information content (AvgIpc) is 2.70. The SMILES string of the molecule is CCCCc1ccc(NS(=O)(=O)c2cc(/C=C/C(=O)O)cc(OC)c2OC)cc1. The van der Waals surface area contributed by atoms with Gasteiger partial charge in [0.15, 0.2) is 11.5 Å². The summed E-state index contributed by atoms with van der Waals surface area (Å²) in [5.74, 6) is -0.937. The minimum Gasteiger partial charge on any atom is -0.493 e. The Kier molecular flexibility index (Phi) is 7.67. The first-order valence-electron chi connectivity index (χ1n) is 9.09. The molecule has 0 aliphatic heterocycles. The number of carboxylic acids is 1. The molecule has 0 saturated heterocycles. The van der Waals surface area contributed by atoms with Crippen LogP contribution in [0.3, 0.4) is 0 Å². The van der Waals surface area contributed by atoms with E-state index in [0.717, 1.165) is 30.9 Å². The van der Waals surface area contributed by atoms with Gasteiger partial charge in [0.05, 0.1) is 14.2 Å². The van der Waals surface area contributed by atoms with Crippen molar-refractivity contribution in [3.8, 4) is 11.5 Å². The number of carboxylic acid groups (broad SMARTS) is 1. The Morgan fingerprint density at radius 1 is 1.14 bits per heavy atom. The molecule has 8 heteroatoms. The highest BCUT2D eigenvalue weighted by Gasteiger charge is 2.24. The van der Waals surface area contributed by atoms with Crippen LogP contribution in [0.1, 0.15) is 30.9 Å². The Hall–Kier alpha value is -3.00. The third-order valence-corrected chi connectivity index (χ3v) is 5.59. The van der Waals surface area contributed by atoms with Gasteiger partial charge in [-0.1, -0.05) is 25.5 Å². The van der Waals surface area contributed by atoms with Crippen molar-refractivity contribution in [2.24, 2.45) is 0 Å². The lowest BCUT2D eigenvalue weighted by molar-refractivity contribution is -0.131. The zero-order valence-corrected chi connectivity index (χ0v) is 17.5. The number of aliphatic carboxylic acids is 1. The number of ether oxygens (including phenoxy) is 2. The fraction of sp³-hybridized carbons (Fsp3) is 0.286. The first kappa shape index (κ1) is 22.3. The van der Waals surface area contributed by atoms with Crippen LogP contribution < -0.4 is 14.2 Å². The summed E-state index contributed by atoms with van der Waals surface area (Å²) in [6.45, 7) is 2.12. The first-order chi connectivity index (χ1) is 13.8. The molecule has 0 fully saturated rings. The van der Waals surface area contributed by atoms with Gasteiger partial charge in [-0.25, -0.2) is 13.2 Å². The van der Waals surface area contributed by atoms with Crippen LogP contribution in [0, 0.1) is 0 Å². The molecule has 7 nitrogen and oxygen atoms in total. The van der Waals surface area contributed by atoms with Crippen LogP contribution in [0.5, 0.6) is 11.5 Å². The number of benzene rings is 2. The number of rotatable bonds is 10. The highest BCUT2D eigenvalue weighted by atomic mass is 32.2. The maximum atomic E-state index is 13.0. The van der Waals surface area contributed by atoms with Gasteiger partial charge in [0.2, 0.25) is 0 Å². The molecule has 2 aromatic carbocycles. The molecule has 0 amide bonds. The van der Waals surface area contributed by atoms with Gasteiger partial charge in [0, 0.05) is 11.8 Å². The summed E-state index contributed by atoms with van der Waals surface area (Å²) in [5.41, 5.74) is 1.90. The summed E-state index contributed by atoms with van der Waals surface area (Å²) in [4.78, 5) is 10.6. The van der Waals surface area contributed by atoms with Crippen molar-refractivity contribution in [1.29, 1.82) is 0 Å². The maximum Gasteiger partial charge on any atom is 0.328 e. The van der Waals surface area contributed by atoms with Crippen molar-refractivity contribution in [1.82, 2.24) is 0 Å². The smallest absolute Gasteiger partial charge is 0.328 e. The molecule has 0 spiro atoms. The van der Waals surface area contributed by atoms with Crippen molar-refractivity contribution in [3.63, 3.8) is 0 Å². The van der Waals surface area contributed by atoms with Crippen LogP contribution in [0.25, 0.3) is 6.08 Å². The van der Waals surface area contributed by atoms with E-state index in [9.17, 15) is 13.2 Å². The number of sulfonamides is 1. The van der Waals surface area contributed by atoms with Crippen molar-refractivity contribution >= 4 is 27.8 Å². The molecule has 0 bridgehead atoms. The summed E-state index contributed by atoms with van der Waals surface area (Å²) in [7, 11) is -1.30. The average molecular weight is 419 g/mol. The van der Waals surface area contributed by atoms with Gasteiger partial charge in [0.25, 0.3) is 10.0 Å². The Morgan fingerprint density at radius 2 is 1.83 bits per heavy atom. The van der Waals surface area contributed by atoms with Crippen molar-refractivity contribution in [2.75, 3.05) is 18.9 Å². The molecule has 0 aromatic heterocycles. The Morgan fingerprint density at radius 3 is 2.38 bits per heavy atom. The molecule has 0 radical (unpaired) electrons. The number of nitrogens with one attached hydrogen (secondary N) is 1. The molecule has 2 N–H and O–H groups in total. The van der Waals surface area contributed by atoms with E-state index < -0.39 is 16.0 Å². The summed E-state index contributed by atoms with van der Waals surface area (Å²) in [6.07, 6.45) is 5.29. The lowest BCUT2D eigenvalue weighted by Crippen LogP contribution is -2.15. The van der Waals surface area contributed by atoms with Gasteiger partial charge in [0.1, 0.15) is 4.90 Å². The molecule has 2 aromatic rings. The summed E-state index contributed by atoms with van der Waals surface area (Å²) in [5, 5.41) is 8.83. The van der Waals surface area contributed by atoms with Crippen molar-refractivity contribution in [3.05, 3.63) is 53.6 Å². The second-order valence-electron chi connectivity index (χ2n) is 6.33. The number of carbonyl (C=O) groups is 1. The Labute approximate surface area is 171 Å². The second kappa shape index (κ2) is 9.97. The van der Waals surface area contributed by atoms with E-state index >= 15 is 0 Å². The molecule has 0 heterocycles. The Bertz CT molecular complexity index is 981. The van der Waals surface area contributed by atoms with Crippen LogP contribution in [-0.2, 0) is 21.2 Å². The van der Waals surface area contributed by atoms with E-state index in [-0.39, 0.29) is 16.4 Å². The molecule has 0 atom stereocenters. The first-order valence-corrected chi connectivity index (χ1v) is 10.6. The number of unbranched alkanes of at least 4 members (excludes halogenated alkanes) is 1. The lowest BCUT2D eigenvalue weighted by atomic mass is 10.1. The largest absolute Gasteiger partial charge is 0.493 e. The second-order valence-corrected chi connectivity index (χ2v) is 7.98. The number of hydrogen-bond donors (Lipinski definition) is 2. The predicted molar refractivity (Wildman–Crippen MR) is 112 cm³/mol. The number of aryl methyl sites for hydroxylation is 1. The molecular weight excluding hydrogens is 394 g/mol. The summed E-state index contributed by atoms with van der Waals surface area (Å²) in [6, 6.07) is 10.0. The van der Waals surface area contributed by atoms with Gasteiger partial charge in [-0.05, 0) is 54.3 Å². The van der Waals surface area contributed by atoms with E-state index in [2.05, 4.69) is 11.6 Å². The third-order valence-electron chi connectivity index (χ3n) is 4.20. The van der Waals surface area contributed by atoms with E-state index in [1.807, 2.05) is 12.1 Å². The minimum absolute atomic E-state index is 0.0343. The molecule has 156 valence electrons. The van der Waals surface area contributed by atoms with E-state index in [4.69, 9.17) is 14.6 Å². The standard InChI is InChI=1S/C21H25NO6S/c1-4-5-6-15-7-10-17(11-8-15)22-29(25,26)19-14-16(9-12-20(23)24)13-18(27-2)21(19)28-3/h7-14,22H,4-6H2,1-3H3,(H,23,24)/b12-9+. The zero-order valence-electron chi connectivity index (χ0n) is 16.6. The summed E-state index contributed by atoms with van der Waals surface area (Å²) < 4.78 is 39.0. The number of hydrogen-bond acceptors (Lipinski definition) is 5. The molecule has 0 aliphatic carbocycles. The maximum absolute atomic E-state index is 13.0. The van der Waals surface area contributed by atoms with Gasteiger partial charge < -0.3 is 14.6 Å². The quantitative estimate of drug-likeness (QED) is 0.566. The van der Waals surface area contributed by atoms with Gasteiger partial charge in [-0.15, -0.1) is 0 Å². The molecule has 29 heavy (non-hydrogen) atoms. The van der Waals surface area contributed by atoms with Crippen molar-refractivity contribution < 1.29 is 27.8 Å². The predicted octanol–water partition coefficient (Wildman–Crippen LogP) is 3.95. The van der Waals surface area contributed by atoms with E-state index in [0.29, 0.717) is 11.3 Å². The summed E-state index contributed by atoms with van der Waals surface area (Å²) >= 11 is 0. The molecule has 0 saturated carbocycles. The molecule has 0 unspecified atom stereocenters. The van der Waals surface area contributed by atoms with E-state index in [1.54, 1.807) is 12.1 Å². The number of anilines is 1. The number of methoxy groups -OCH3 is 2. The molecule has 0 aliphatic rings. The van der Waals surface area contributed by atoms with Crippen LogP contribution in [-0.4, -0.2) is 33.7 Å². The monoisotopic (exact) mass is 419 g/mol. The fourth-order valence-corrected chi connectivity index (χ4v) is 4.02. The van der Waals surface area contributed by atoms with Crippen LogP contribution in [0.15, 0.2) is 47.4 Å². The normalized spacial score (nSPS) is 11.4. The highest BCUT2D eigenvalue weighted by molar-refractivity contribution is 7.92. The topological polar surface area (TPSA) is 102 Å². The van der Waals surface area contributed by atoms with Crippen LogP contribution in [0.4, 0.5) is 5.69 Å². The fourth-order valence-electron chi connectivity index (χ4n) is 2.74. The zero-order chi connectivity index (χ0) is 21.4. The Balaban J connectivity index is 2.41. The molecular formula is C21H25NO6S. The lowest BCUT2D eigenvalue weighted by Gasteiger charge is -2.15. The third kappa shape index (κ3) is 5.99. The van der Waals surface area contributed by atoms with Crippen LogP contribution in [0.2, 0.25) is 0 Å². The highest BCUT2D eigenvalue weighted by Crippen LogP contribution is 2.37. The van der Waals surface area contributed by atoms with Crippen molar-refractivity contribution in [2.45, 2.75) is 31.1 Å². The van der Waals surface area contributed by atoms with E-state index in [1.165, 1.54) is 32.4 Å².